The third-order valence-corrected chi connectivity index (χ3v) is 11.9. The van der Waals surface area contributed by atoms with Crippen LogP contribution in [0.3, 0.4) is 0 Å². The topological polar surface area (TPSA) is 166 Å². The fraction of sp³-hybridized carbons (Fsp3) is 0.186. The van der Waals surface area contributed by atoms with Crippen molar-refractivity contribution in [3.8, 4) is 48.9 Å². The summed E-state index contributed by atoms with van der Waals surface area (Å²) in [6.07, 6.45) is 5.45. The summed E-state index contributed by atoms with van der Waals surface area (Å²) in [6, 6.07) is 21.2. The number of fused-ring (bicyclic) bond motifs is 1. The summed E-state index contributed by atoms with van der Waals surface area (Å²) in [5.41, 5.74) is 23.9. The molecule has 0 aliphatic rings. The zero-order chi connectivity index (χ0) is 40.1. The molecule has 0 aliphatic heterocycles. The smallest absolute Gasteiger partial charge is 0.170 e. The van der Waals surface area contributed by atoms with Crippen molar-refractivity contribution in [2.24, 2.45) is 21.8 Å². The summed E-state index contributed by atoms with van der Waals surface area (Å²) in [5.74, 6) is -1.28. The number of oxime groups is 2. The Bertz CT molecular complexity index is 2570. The van der Waals surface area contributed by atoms with Gasteiger partial charge in [0.1, 0.15) is 0 Å². The number of aromatic nitrogens is 2. The molecule has 0 saturated heterocycles. The highest BCUT2D eigenvalue weighted by molar-refractivity contribution is 7.14. The van der Waals surface area contributed by atoms with E-state index in [1.54, 1.807) is 11.3 Å². The fourth-order valence-corrected chi connectivity index (χ4v) is 9.02. The number of hydrogen-bond donors (Lipinski definition) is 6. The average molecular weight is 809 g/mol. The first-order chi connectivity index (χ1) is 27.0. The molecule has 0 atom stereocenters. The predicted octanol–water partition coefficient (Wildman–Crippen LogP) is 11.2. The van der Waals surface area contributed by atoms with Gasteiger partial charge in [0.05, 0.1) is 16.7 Å². The second-order valence-corrected chi connectivity index (χ2v) is 15.7. The van der Waals surface area contributed by atoms with Crippen LogP contribution in [-0.4, -0.2) is 37.4 Å². The molecular formula is C43H42ClFN6O3S2. The molecule has 56 heavy (non-hydrogen) atoms. The van der Waals surface area contributed by atoms with Gasteiger partial charge in [-0.2, -0.15) is 5.10 Å². The van der Waals surface area contributed by atoms with Gasteiger partial charge < -0.3 is 27.0 Å². The van der Waals surface area contributed by atoms with E-state index in [9.17, 15) is 19.9 Å². The first-order valence-electron chi connectivity index (χ1n) is 18.0. The molecular weight excluding hydrogens is 767 g/mol. The van der Waals surface area contributed by atoms with Crippen LogP contribution in [0.15, 0.2) is 94.0 Å². The van der Waals surface area contributed by atoms with E-state index in [1.807, 2.05) is 48.8 Å². The van der Waals surface area contributed by atoms with Crippen LogP contribution in [0.2, 0.25) is 5.02 Å². The van der Waals surface area contributed by atoms with Crippen molar-refractivity contribution >= 4 is 56.8 Å². The van der Waals surface area contributed by atoms with Crippen LogP contribution in [0.4, 0.5) is 4.39 Å². The van der Waals surface area contributed by atoms with E-state index < -0.39 is 11.6 Å². The highest BCUT2D eigenvalue weighted by Gasteiger charge is 2.22. The molecule has 288 valence electrons. The maximum Gasteiger partial charge on any atom is 0.170 e. The van der Waals surface area contributed by atoms with Gasteiger partial charge in [-0.3, -0.25) is 5.10 Å². The Morgan fingerprint density at radius 1 is 0.768 bits per heavy atom. The molecule has 3 heterocycles. The minimum Gasteiger partial charge on any atom is -0.504 e. The van der Waals surface area contributed by atoms with E-state index in [1.165, 1.54) is 34.6 Å². The summed E-state index contributed by atoms with van der Waals surface area (Å²) in [4.78, 5) is 2.07. The average Bonchev–Trinajstić information content (AvgIpc) is 3.96. The first-order valence-corrected chi connectivity index (χ1v) is 20.1. The molecule has 8 N–H and O–H groups in total. The molecule has 0 spiro atoms. The van der Waals surface area contributed by atoms with Crippen molar-refractivity contribution in [3.05, 3.63) is 128 Å². The number of phenols is 1. The van der Waals surface area contributed by atoms with Crippen molar-refractivity contribution in [2.45, 2.75) is 53.4 Å². The van der Waals surface area contributed by atoms with Gasteiger partial charge in [0.25, 0.3) is 0 Å². The highest BCUT2D eigenvalue weighted by atomic mass is 35.5. The number of hydrogen-bond acceptors (Lipinski definition) is 8. The van der Waals surface area contributed by atoms with E-state index in [-0.39, 0.29) is 16.7 Å². The minimum absolute atomic E-state index is 0.0210. The van der Waals surface area contributed by atoms with Crippen LogP contribution in [-0.2, 0) is 12.8 Å². The molecule has 0 fully saturated rings. The molecule has 0 unspecified atom stereocenters. The monoisotopic (exact) mass is 808 g/mol. The van der Waals surface area contributed by atoms with E-state index in [4.69, 9.17) is 23.1 Å². The van der Waals surface area contributed by atoms with Crippen LogP contribution in [0.5, 0.6) is 5.75 Å². The van der Waals surface area contributed by atoms with E-state index in [0.29, 0.717) is 16.7 Å². The third kappa shape index (κ3) is 8.13. The van der Waals surface area contributed by atoms with Gasteiger partial charge in [0.2, 0.25) is 0 Å². The van der Waals surface area contributed by atoms with Crippen LogP contribution < -0.4 is 11.5 Å². The minimum atomic E-state index is -0.803. The van der Waals surface area contributed by atoms with Gasteiger partial charge in [0, 0.05) is 37.4 Å². The maximum absolute atomic E-state index is 14.2. The van der Waals surface area contributed by atoms with Gasteiger partial charge in [0.15, 0.2) is 23.2 Å². The normalized spacial score (nSPS) is 11.9. The number of amidine groups is 2. The van der Waals surface area contributed by atoms with Crippen LogP contribution >= 0.6 is 34.3 Å². The van der Waals surface area contributed by atoms with Gasteiger partial charge in [-0.05, 0) is 130 Å². The summed E-state index contributed by atoms with van der Waals surface area (Å²) < 4.78 is 14.2. The van der Waals surface area contributed by atoms with Crippen molar-refractivity contribution in [2.75, 3.05) is 0 Å². The molecule has 7 rings (SSSR count). The number of nitrogens with zero attached hydrogens (tertiary/aromatic N) is 3. The zero-order valence-electron chi connectivity index (χ0n) is 31.3. The third-order valence-electron chi connectivity index (χ3n) is 9.50. The SMILES string of the molecule is CCCc1cc(C(N)=NO)c(-c2sccc2C)c(-c2cc(F)c(O)c(Cl)c2)c1.CCCc1cc(C(N)=NO)c(-c2sccc2C)c(-c2ccc3[nH]ncc3c2)c1. The molecule has 0 bridgehead atoms. The molecule has 0 radical (unpaired) electrons. The lowest BCUT2D eigenvalue weighted by Crippen LogP contribution is -2.15. The number of phenolic OH excluding ortho intramolecular Hbond substituents is 1. The fourth-order valence-electron chi connectivity index (χ4n) is 6.82. The summed E-state index contributed by atoms with van der Waals surface area (Å²) in [6.45, 7) is 8.26. The van der Waals surface area contributed by atoms with Crippen LogP contribution in [0.1, 0.15) is 60.1 Å². The Morgan fingerprint density at radius 3 is 1.77 bits per heavy atom. The van der Waals surface area contributed by atoms with Gasteiger partial charge in [-0.15, -0.1) is 22.7 Å². The van der Waals surface area contributed by atoms with Crippen LogP contribution in [0.25, 0.3) is 54.0 Å². The molecule has 9 nitrogen and oxygen atoms in total. The second-order valence-electron chi connectivity index (χ2n) is 13.4. The number of rotatable bonds is 10. The number of aromatic amines is 1. The first kappa shape index (κ1) is 40.0. The lowest BCUT2D eigenvalue weighted by molar-refractivity contribution is 0.318. The molecule has 0 aliphatic carbocycles. The molecule has 3 aromatic heterocycles. The number of nitrogens with one attached hydrogen (secondary N) is 1. The predicted molar refractivity (Wildman–Crippen MR) is 229 cm³/mol. The van der Waals surface area contributed by atoms with Crippen molar-refractivity contribution in [3.63, 3.8) is 0 Å². The number of nitrogens with two attached hydrogens (primary N) is 2. The number of halogens is 2. The number of aromatic hydroxyl groups is 1. The van der Waals surface area contributed by atoms with Gasteiger partial charge in [-0.1, -0.05) is 66.8 Å². The number of benzene rings is 4. The standard InChI is InChI=1S/C22H22N4OS.C21H20ClFN2O2S/c1-3-4-14-9-17(15-5-6-19-16(11-15)12-24-25-19)20(18(10-14)22(23)26-27)21-13(2)7-8-28-21;1-3-4-12-7-14(13-9-16(22)19(26)17(23)10-13)18(15(8-12)21(24)25-27)20-11(2)5-6-28-20/h5-12,27H,3-4H2,1-2H3,(H2,23,26)(H,24,25);5-10,26-27H,3-4H2,1-2H3,(H2,24,25). The Morgan fingerprint density at radius 2 is 1.30 bits per heavy atom. The molecule has 13 heteroatoms. The van der Waals surface area contributed by atoms with Crippen molar-refractivity contribution in [1.29, 1.82) is 0 Å². The summed E-state index contributed by atoms with van der Waals surface area (Å²) in [7, 11) is 0. The molecule has 0 amide bonds. The zero-order valence-corrected chi connectivity index (χ0v) is 33.7. The lowest BCUT2D eigenvalue weighted by atomic mass is 9.89. The van der Waals surface area contributed by atoms with E-state index >= 15 is 0 Å². The van der Waals surface area contributed by atoms with Crippen molar-refractivity contribution in [1.82, 2.24) is 10.2 Å². The second kappa shape index (κ2) is 17.4. The Kier molecular flexibility index (Phi) is 12.4. The maximum atomic E-state index is 14.2. The highest BCUT2D eigenvalue weighted by Crippen LogP contribution is 2.44. The van der Waals surface area contributed by atoms with Gasteiger partial charge in [-0.25, -0.2) is 4.39 Å². The van der Waals surface area contributed by atoms with Gasteiger partial charge >= 0.3 is 0 Å². The van der Waals surface area contributed by atoms with Crippen molar-refractivity contribution < 1.29 is 19.9 Å². The Balaban J connectivity index is 0.000000190. The Hall–Kier alpha value is -5.69. The summed E-state index contributed by atoms with van der Waals surface area (Å²) >= 11 is 9.22. The Labute approximate surface area is 337 Å². The number of thiophene rings is 2. The van der Waals surface area contributed by atoms with Crippen LogP contribution in [0, 0.1) is 19.7 Å². The molecule has 0 saturated carbocycles. The molecule has 7 aromatic rings. The molecule has 4 aromatic carbocycles. The van der Waals surface area contributed by atoms with E-state index in [0.717, 1.165) is 85.3 Å². The largest absolute Gasteiger partial charge is 0.504 e. The number of H-pyrrole nitrogens is 1. The van der Waals surface area contributed by atoms with E-state index in [2.05, 4.69) is 70.9 Å². The lowest BCUT2D eigenvalue weighted by Gasteiger charge is -2.18. The summed E-state index contributed by atoms with van der Waals surface area (Å²) in [5, 5.41) is 47.1. The quantitative estimate of drug-likeness (QED) is 0.0348. The number of aryl methyl sites for hydroxylation is 4.